The van der Waals surface area contributed by atoms with Gasteiger partial charge in [-0.1, -0.05) is 0 Å². The molecule has 1 aliphatic rings. The topological polar surface area (TPSA) is 60.4 Å². The lowest BCUT2D eigenvalue weighted by Gasteiger charge is -2.09. The maximum atomic E-state index is 9.68. The van der Waals surface area contributed by atoms with E-state index in [-0.39, 0.29) is 5.97 Å². The van der Waals surface area contributed by atoms with Crippen LogP contribution in [-0.4, -0.2) is 25.3 Å². The van der Waals surface area contributed by atoms with Crippen LogP contribution in [-0.2, 0) is 19.1 Å². The van der Waals surface area contributed by atoms with Crippen LogP contribution >= 0.6 is 0 Å². The van der Waals surface area contributed by atoms with E-state index in [2.05, 4.69) is 11.3 Å². The molecule has 0 spiro atoms. The minimum absolute atomic E-state index is 0.0648. The number of hydrogen-bond donors (Lipinski definition) is 0. The van der Waals surface area contributed by atoms with Crippen molar-refractivity contribution in [1.29, 1.82) is 0 Å². The van der Waals surface area contributed by atoms with Crippen LogP contribution in [0.5, 0.6) is 0 Å². The van der Waals surface area contributed by atoms with Crippen LogP contribution in [0.25, 0.3) is 0 Å². The van der Waals surface area contributed by atoms with E-state index < -0.39 is 0 Å². The number of carbonyl (C=O) groups excluding carboxylic acids is 3. The van der Waals surface area contributed by atoms with Crippen molar-refractivity contribution in [1.82, 2.24) is 0 Å². The third-order valence-corrected chi connectivity index (χ3v) is 0.569. The Morgan fingerprint density at radius 2 is 1.70 bits per heavy atom. The predicted octanol–water partition coefficient (Wildman–Crippen LogP) is -0.248. The Balaban J connectivity index is 0. The van der Waals surface area contributed by atoms with Crippen molar-refractivity contribution in [3.63, 3.8) is 0 Å². The summed E-state index contributed by atoms with van der Waals surface area (Å²) in [5.74, 6) is 1.19. The summed E-state index contributed by atoms with van der Waals surface area (Å²) in [5, 5.41) is 0. The monoisotopic (exact) mass is 144 g/mol. The molecule has 0 N–H and O–H groups in total. The molecule has 1 saturated heterocycles. The van der Waals surface area contributed by atoms with Crippen LogP contribution in [0, 0.1) is 0 Å². The molecule has 1 rings (SSSR count). The molecule has 10 heavy (non-hydrogen) atoms. The van der Waals surface area contributed by atoms with E-state index in [9.17, 15) is 4.79 Å². The molecule has 56 valence electrons. The first-order valence-corrected chi connectivity index (χ1v) is 2.40. The highest BCUT2D eigenvalue weighted by Gasteiger charge is 2.10. The first-order valence-electron chi connectivity index (χ1n) is 2.40. The van der Waals surface area contributed by atoms with Gasteiger partial charge >= 0.3 is 5.97 Å². The van der Waals surface area contributed by atoms with Gasteiger partial charge in [0, 0.05) is 0 Å². The first kappa shape index (κ1) is 11.4. The molecule has 0 bridgehead atoms. The zero-order valence-electron chi connectivity index (χ0n) is 5.46. The van der Waals surface area contributed by atoms with Gasteiger partial charge in [-0.2, -0.15) is 0 Å². The van der Waals surface area contributed by atoms with E-state index in [1.165, 1.54) is 5.94 Å². The molecule has 0 aliphatic carbocycles. The maximum Gasteiger partial charge on any atom is 0.309 e. The minimum atomic E-state index is -0.0648. The van der Waals surface area contributed by atoms with Crippen molar-refractivity contribution < 1.29 is 19.1 Å². The second kappa shape index (κ2) is 10.5. The largest absolute Gasteiger partial charge is 0.465 e. The number of carbonyl (C=O) groups is 2. The molecule has 4 heteroatoms. The Kier molecular flexibility index (Phi) is 12.0. The molecule has 0 aromatic rings. The minimum Gasteiger partial charge on any atom is -0.465 e. The van der Waals surface area contributed by atoms with Gasteiger partial charge in [0.05, 0.1) is 6.42 Å². The number of hydrogen-bond acceptors (Lipinski definition) is 4. The van der Waals surface area contributed by atoms with Gasteiger partial charge in [-0.15, -0.1) is 0 Å². The van der Waals surface area contributed by atoms with Gasteiger partial charge in [-0.3, -0.25) is 4.79 Å². The van der Waals surface area contributed by atoms with Crippen molar-refractivity contribution in [2.24, 2.45) is 0 Å². The number of esters is 1. The van der Waals surface area contributed by atoms with Gasteiger partial charge in [0.15, 0.2) is 0 Å². The van der Waals surface area contributed by atoms with Crippen molar-refractivity contribution in [2.45, 2.75) is 6.42 Å². The highest BCUT2D eigenvalue weighted by molar-refractivity contribution is 5.73. The van der Waals surface area contributed by atoms with E-state index >= 15 is 0 Å². The van der Waals surface area contributed by atoms with Gasteiger partial charge in [0.1, 0.15) is 19.3 Å². The predicted molar refractivity (Wildman–Crippen MR) is 34.0 cm³/mol. The van der Waals surface area contributed by atoms with E-state index in [1.54, 1.807) is 0 Å². The summed E-state index contributed by atoms with van der Waals surface area (Å²) >= 11 is 0. The fourth-order valence-corrected chi connectivity index (χ4v) is 0.185. The quantitative estimate of drug-likeness (QED) is 0.347. The summed E-state index contributed by atoms with van der Waals surface area (Å²) in [6, 6.07) is 0. The van der Waals surface area contributed by atoms with Crippen molar-refractivity contribution in [3.8, 4) is 0 Å². The van der Waals surface area contributed by atoms with Crippen LogP contribution in [0.3, 0.4) is 0 Å². The van der Waals surface area contributed by atoms with Crippen LogP contribution in [0.15, 0.2) is 6.58 Å². The van der Waals surface area contributed by atoms with E-state index in [0.29, 0.717) is 13.0 Å². The lowest BCUT2D eigenvalue weighted by atomic mass is 10.4. The molecule has 0 amide bonds. The Hall–Kier alpha value is -1.41. The van der Waals surface area contributed by atoms with Crippen LogP contribution in [0.4, 0.5) is 0 Å². The third kappa shape index (κ3) is 9.77. The molecule has 1 aliphatic heterocycles. The van der Waals surface area contributed by atoms with Gasteiger partial charge in [0.2, 0.25) is 0 Å². The molecule has 0 saturated carbocycles. The Morgan fingerprint density at radius 3 is 1.70 bits per heavy atom. The fourth-order valence-electron chi connectivity index (χ4n) is 0.185. The summed E-state index contributed by atoms with van der Waals surface area (Å²) in [5.41, 5.74) is 0. The summed E-state index contributed by atoms with van der Waals surface area (Å²) in [6.07, 6.45) is 0.625. The average molecular weight is 144 g/mol. The Bertz CT molecular complexity index is 118. The van der Waals surface area contributed by atoms with E-state index in [4.69, 9.17) is 9.59 Å². The van der Waals surface area contributed by atoms with E-state index in [0.717, 1.165) is 0 Å². The van der Waals surface area contributed by atoms with Crippen LogP contribution < -0.4 is 0 Å². The molecule has 4 nitrogen and oxygen atoms in total. The third-order valence-electron chi connectivity index (χ3n) is 0.569. The molecule has 0 radical (unpaired) electrons. The van der Waals surface area contributed by atoms with Gasteiger partial charge in [-0.05, 0) is 6.58 Å². The molecular weight excluding hydrogens is 136 g/mol. The molecule has 1 heterocycles. The summed E-state index contributed by atoms with van der Waals surface area (Å²) in [4.78, 5) is 26.2. The second-order valence-electron chi connectivity index (χ2n) is 1.11. The Labute approximate surface area is 58.5 Å². The average Bonchev–Trinajstić information content (AvgIpc) is 1.90. The van der Waals surface area contributed by atoms with Crippen molar-refractivity contribution in [2.75, 3.05) is 6.61 Å². The molecule has 1 fully saturated rings. The standard InChI is InChI=1S/C3H4O2.C2H2O.CH2O/c4-3-1-2-5-3;1-2-3;1-2/h1-2H2;1H2;1H2. The Morgan fingerprint density at radius 1 is 1.50 bits per heavy atom. The first-order chi connectivity index (χ1) is 4.81. The lowest BCUT2D eigenvalue weighted by Crippen LogP contribution is -2.18. The van der Waals surface area contributed by atoms with Crippen LogP contribution in [0.2, 0.25) is 0 Å². The number of cyclic esters (lactones) is 1. The van der Waals surface area contributed by atoms with Crippen molar-refractivity contribution in [3.05, 3.63) is 6.58 Å². The second-order valence-corrected chi connectivity index (χ2v) is 1.11. The summed E-state index contributed by atoms with van der Waals surface area (Å²) in [7, 11) is 0. The van der Waals surface area contributed by atoms with Gasteiger partial charge < -0.3 is 9.53 Å². The smallest absolute Gasteiger partial charge is 0.309 e. The zero-order valence-corrected chi connectivity index (χ0v) is 5.46. The highest BCUT2D eigenvalue weighted by Crippen LogP contribution is 1.97. The van der Waals surface area contributed by atoms with Crippen LogP contribution in [0.1, 0.15) is 6.42 Å². The van der Waals surface area contributed by atoms with Gasteiger partial charge in [0.25, 0.3) is 0 Å². The SMILES string of the molecule is C=C=O.C=O.O=C1CCO1. The normalized spacial score (nSPS) is 11.4. The summed E-state index contributed by atoms with van der Waals surface area (Å²) in [6.45, 7) is 5.32. The molecular formula is C6H8O4. The highest BCUT2D eigenvalue weighted by atomic mass is 16.6. The zero-order chi connectivity index (χ0) is 8.41. The number of rotatable bonds is 0. The molecule has 0 aromatic heterocycles. The number of ether oxygens (including phenoxy) is 1. The fraction of sp³-hybridized carbons (Fsp3) is 0.333. The maximum absolute atomic E-state index is 9.68. The van der Waals surface area contributed by atoms with Crippen molar-refractivity contribution >= 4 is 18.7 Å². The summed E-state index contributed by atoms with van der Waals surface area (Å²) < 4.78 is 4.29. The van der Waals surface area contributed by atoms with E-state index in [1.807, 2.05) is 6.79 Å². The molecule has 0 aromatic carbocycles. The lowest BCUT2D eigenvalue weighted by molar-refractivity contribution is -0.157. The van der Waals surface area contributed by atoms with Gasteiger partial charge in [-0.25, -0.2) is 4.79 Å². The molecule has 0 atom stereocenters. The molecule has 0 unspecified atom stereocenters.